The van der Waals surface area contributed by atoms with Gasteiger partial charge in [0, 0.05) is 49.0 Å². The van der Waals surface area contributed by atoms with Crippen molar-refractivity contribution in [2.45, 2.75) is 20.4 Å². The molecule has 0 radical (unpaired) electrons. The summed E-state index contributed by atoms with van der Waals surface area (Å²) in [6.07, 6.45) is 0. The van der Waals surface area contributed by atoms with Crippen molar-refractivity contribution >= 4 is 23.3 Å². The first-order valence-electron chi connectivity index (χ1n) is 10.2. The summed E-state index contributed by atoms with van der Waals surface area (Å²) in [6.45, 7) is 6.84. The molecule has 6 nitrogen and oxygen atoms in total. The number of nitrogens with one attached hydrogen (secondary N) is 1. The lowest BCUT2D eigenvalue weighted by molar-refractivity contribution is 0.141. The lowest BCUT2D eigenvalue weighted by Gasteiger charge is -2.34. The summed E-state index contributed by atoms with van der Waals surface area (Å²) < 4.78 is 19.5. The van der Waals surface area contributed by atoms with E-state index >= 15 is 0 Å². The summed E-state index contributed by atoms with van der Waals surface area (Å²) in [7, 11) is 0. The number of urea groups is 1. The maximum atomic E-state index is 13.7. The molecule has 0 spiro atoms. The first kappa shape index (κ1) is 21.3. The van der Waals surface area contributed by atoms with Gasteiger partial charge in [0.25, 0.3) is 0 Å². The van der Waals surface area contributed by atoms with Gasteiger partial charge >= 0.3 is 6.03 Å². The number of aromatic nitrogens is 1. The maximum absolute atomic E-state index is 13.7. The Labute approximate surface area is 185 Å². The highest BCUT2D eigenvalue weighted by molar-refractivity contribution is 6.30. The number of hydrogen-bond donors (Lipinski definition) is 1. The number of piperazine rings is 1. The Balaban J connectivity index is 1.33. The van der Waals surface area contributed by atoms with E-state index in [1.54, 1.807) is 24.0 Å². The fraction of sp³-hybridized carbons (Fsp3) is 0.304. The predicted molar refractivity (Wildman–Crippen MR) is 119 cm³/mol. The Hall–Kier alpha value is -2.90. The van der Waals surface area contributed by atoms with Crippen LogP contribution in [0.3, 0.4) is 0 Å². The fourth-order valence-corrected chi connectivity index (χ4v) is 3.70. The molecule has 8 heteroatoms. The molecule has 2 aromatic carbocycles. The topological polar surface area (TPSA) is 61.6 Å². The molecular formula is C23H24ClFN4O2. The normalized spacial score (nSPS) is 14.6. The number of aryl methyl sites for hydroxylation is 2. The van der Waals surface area contributed by atoms with Crippen LogP contribution >= 0.6 is 11.6 Å². The van der Waals surface area contributed by atoms with Crippen molar-refractivity contribution < 1.29 is 13.6 Å². The standard InChI is InChI=1S/C23H24ClFN4O2/c1-15-6-7-19(13-20(15)25)26-23(30)29-10-8-28(9-11-29)14-21-16(2)31-22(27-21)17-4-3-5-18(24)12-17/h3-7,12-13H,8-11,14H2,1-2H3,(H,26,30). The van der Waals surface area contributed by atoms with E-state index in [-0.39, 0.29) is 11.8 Å². The number of carbonyl (C=O) groups excluding carboxylic acids is 1. The molecule has 1 N–H and O–H groups in total. The van der Waals surface area contributed by atoms with Crippen molar-refractivity contribution in [3.8, 4) is 11.5 Å². The zero-order valence-corrected chi connectivity index (χ0v) is 18.2. The van der Waals surface area contributed by atoms with Gasteiger partial charge in [0.05, 0.1) is 5.69 Å². The summed E-state index contributed by atoms with van der Waals surface area (Å²) in [5.41, 5.74) is 2.73. The highest BCUT2D eigenvalue weighted by Crippen LogP contribution is 2.25. The molecule has 0 aliphatic carbocycles. The van der Waals surface area contributed by atoms with E-state index in [1.807, 2.05) is 31.2 Å². The van der Waals surface area contributed by atoms with Crippen LogP contribution in [0.4, 0.5) is 14.9 Å². The molecule has 3 aromatic rings. The molecule has 1 aromatic heterocycles. The summed E-state index contributed by atoms with van der Waals surface area (Å²) in [4.78, 5) is 21.1. The van der Waals surface area contributed by atoms with Crippen molar-refractivity contribution in [1.82, 2.24) is 14.8 Å². The first-order chi connectivity index (χ1) is 14.9. The molecule has 1 fully saturated rings. The molecule has 2 amide bonds. The first-order valence-corrected chi connectivity index (χ1v) is 10.5. The predicted octanol–water partition coefficient (Wildman–Crippen LogP) is 5.10. The number of halogens is 2. The van der Waals surface area contributed by atoms with Gasteiger partial charge in [-0.3, -0.25) is 4.90 Å². The van der Waals surface area contributed by atoms with E-state index in [4.69, 9.17) is 16.0 Å². The lowest BCUT2D eigenvalue weighted by Crippen LogP contribution is -2.49. The summed E-state index contributed by atoms with van der Waals surface area (Å²) >= 11 is 6.07. The number of nitrogens with zero attached hydrogens (tertiary/aromatic N) is 3. The van der Waals surface area contributed by atoms with Crippen LogP contribution in [0.25, 0.3) is 11.5 Å². The quantitative estimate of drug-likeness (QED) is 0.610. The molecule has 2 heterocycles. The average Bonchev–Trinajstić information content (AvgIpc) is 3.11. The molecule has 162 valence electrons. The Morgan fingerprint density at radius 2 is 1.94 bits per heavy atom. The van der Waals surface area contributed by atoms with Crippen LogP contribution in [0.15, 0.2) is 46.9 Å². The largest absolute Gasteiger partial charge is 0.441 e. The van der Waals surface area contributed by atoms with Crippen LogP contribution in [0.5, 0.6) is 0 Å². The smallest absolute Gasteiger partial charge is 0.321 e. The number of oxazole rings is 1. The van der Waals surface area contributed by atoms with Gasteiger partial charge in [0.15, 0.2) is 0 Å². The second-order valence-electron chi connectivity index (χ2n) is 7.69. The lowest BCUT2D eigenvalue weighted by atomic mass is 10.2. The Morgan fingerprint density at radius 1 is 1.16 bits per heavy atom. The minimum Gasteiger partial charge on any atom is -0.441 e. The third-order valence-electron chi connectivity index (χ3n) is 5.42. The molecule has 4 rings (SSSR count). The minimum absolute atomic E-state index is 0.219. The van der Waals surface area contributed by atoms with Gasteiger partial charge in [-0.25, -0.2) is 14.2 Å². The molecule has 0 unspecified atom stereocenters. The van der Waals surface area contributed by atoms with Crippen LogP contribution < -0.4 is 5.32 Å². The molecule has 1 aliphatic heterocycles. The van der Waals surface area contributed by atoms with Gasteiger partial charge in [-0.2, -0.15) is 0 Å². The highest BCUT2D eigenvalue weighted by Gasteiger charge is 2.23. The number of hydrogen-bond acceptors (Lipinski definition) is 4. The van der Waals surface area contributed by atoms with Gasteiger partial charge in [-0.15, -0.1) is 0 Å². The third kappa shape index (κ3) is 5.06. The van der Waals surface area contributed by atoms with Crippen molar-refractivity contribution in [1.29, 1.82) is 0 Å². The summed E-state index contributed by atoms with van der Waals surface area (Å²) in [5, 5.41) is 3.41. The number of amides is 2. The molecule has 0 atom stereocenters. The fourth-order valence-electron chi connectivity index (χ4n) is 3.51. The zero-order chi connectivity index (χ0) is 22.0. The average molecular weight is 443 g/mol. The van der Waals surface area contributed by atoms with Crippen LogP contribution in [-0.4, -0.2) is 47.0 Å². The summed E-state index contributed by atoms with van der Waals surface area (Å²) in [6, 6.07) is 11.9. The van der Waals surface area contributed by atoms with Crippen molar-refractivity contribution in [3.05, 3.63) is 70.3 Å². The number of rotatable bonds is 4. The van der Waals surface area contributed by atoms with Gasteiger partial charge in [0.2, 0.25) is 5.89 Å². The van der Waals surface area contributed by atoms with Gasteiger partial charge in [0.1, 0.15) is 11.6 Å². The Kier molecular flexibility index (Phi) is 6.25. The van der Waals surface area contributed by atoms with Gasteiger partial charge in [-0.1, -0.05) is 23.7 Å². The van der Waals surface area contributed by atoms with Crippen LogP contribution in [0, 0.1) is 19.7 Å². The van der Waals surface area contributed by atoms with Crippen LogP contribution in [0.1, 0.15) is 17.0 Å². The third-order valence-corrected chi connectivity index (χ3v) is 5.66. The Morgan fingerprint density at radius 3 is 2.65 bits per heavy atom. The van der Waals surface area contributed by atoms with Crippen LogP contribution in [-0.2, 0) is 6.54 Å². The monoisotopic (exact) mass is 442 g/mol. The molecule has 31 heavy (non-hydrogen) atoms. The molecule has 0 bridgehead atoms. The molecule has 1 saturated heterocycles. The van der Waals surface area contributed by atoms with Crippen LogP contribution in [0.2, 0.25) is 5.02 Å². The Bertz CT molecular complexity index is 1090. The molecule has 1 aliphatic rings. The van der Waals surface area contributed by atoms with E-state index in [0.29, 0.717) is 54.9 Å². The van der Waals surface area contributed by atoms with E-state index in [9.17, 15) is 9.18 Å². The van der Waals surface area contributed by atoms with E-state index < -0.39 is 0 Å². The SMILES string of the molecule is Cc1ccc(NC(=O)N2CCN(Cc3nc(-c4cccc(Cl)c4)oc3C)CC2)cc1F. The van der Waals surface area contributed by atoms with E-state index in [1.165, 1.54) is 6.07 Å². The summed E-state index contributed by atoms with van der Waals surface area (Å²) in [5.74, 6) is 0.998. The second kappa shape index (κ2) is 9.08. The van der Waals surface area contributed by atoms with E-state index in [2.05, 4.69) is 15.2 Å². The second-order valence-corrected chi connectivity index (χ2v) is 8.13. The van der Waals surface area contributed by atoms with Gasteiger partial charge < -0.3 is 14.6 Å². The van der Waals surface area contributed by atoms with Crippen molar-refractivity contribution in [2.24, 2.45) is 0 Å². The number of carbonyl (C=O) groups is 1. The molecular weight excluding hydrogens is 419 g/mol. The number of benzene rings is 2. The maximum Gasteiger partial charge on any atom is 0.321 e. The number of anilines is 1. The van der Waals surface area contributed by atoms with Crippen molar-refractivity contribution in [2.75, 3.05) is 31.5 Å². The zero-order valence-electron chi connectivity index (χ0n) is 17.5. The minimum atomic E-state index is -0.331. The van der Waals surface area contributed by atoms with Gasteiger partial charge in [-0.05, 0) is 49.7 Å². The highest BCUT2D eigenvalue weighted by atomic mass is 35.5. The van der Waals surface area contributed by atoms with E-state index in [0.717, 1.165) is 17.0 Å². The van der Waals surface area contributed by atoms with Crippen molar-refractivity contribution in [3.63, 3.8) is 0 Å². The molecule has 0 saturated carbocycles.